The number of thioether (sulfide) groups is 1. The van der Waals surface area contributed by atoms with Crippen molar-refractivity contribution in [2.75, 3.05) is 16.0 Å². The number of rotatable bonds is 6. The van der Waals surface area contributed by atoms with Crippen LogP contribution in [0.3, 0.4) is 0 Å². The number of hydrogen-bond donors (Lipinski definition) is 2. The molecule has 0 bridgehead atoms. The first-order chi connectivity index (χ1) is 15.4. The Morgan fingerprint density at radius 1 is 1.03 bits per heavy atom. The van der Waals surface area contributed by atoms with Gasteiger partial charge in [0, 0.05) is 22.3 Å². The predicted molar refractivity (Wildman–Crippen MR) is 126 cm³/mol. The Labute approximate surface area is 191 Å². The standard InChI is InChI=1S/C25H26N2O4S/c1-16-14-17-6-2-5-9-22(17)27(16)23(28)15-32-19-12-10-18(11-13-19)26-24(29)20-7-3-4-8-21(20)25(30)31/h2-6,9-13,16,20-21H,7-8,14-15H2,1H3,(H,26,29)(H,30,31)/t16-,20+,21+/m1/s1. The number of nitrogens with one attached hydrogen (secondary N) is 1. The van der Waals surface area contributed by atoms with E-state index in [2.05, 4.69) is 18.3 Å². The Kier molecular flexibility index (Phi) is 6.65. The largest absolute Gasteiger partial charge is 0.481 e. The van der Waals surface area contributed by atoms with E-state index >= 15 is 0 Å². The Hall–Kier alpha value is -3.06. The summed E-state index contributed by atoms with van der Waals surface area (Å²) in [5.74, 6) is -2.08. The van der Waals surface area contributed by atoms with Crippen molar-refractivity contribution in [1.82, 2.24) is 0 Å². The van der Waals surface area contributed by atoms with Crippen molar-refractivity contribution < 1.29 is 19.5 Å². The number of para-hydroxylation sites is 1. The van der Waals surface area contributed by atoms with E-state index in [0.717, 1.165) is 17.0 Å². The normalized spacial score (nSPS) is 21.8. The number of benzene rings is 2. The predicted octanol–water partition coefficient (Wildman–Crippen LogP) is 4.36. The second-order valence-electron chi connectivity index (χ2n) is 8.24. The van der Waals surface area contributed by atoms with Gasteiger partial charge in [0.25, 0.3) is 0 Å². The van der Waals surface area contributed by atoms with Crippen molar-refractivity contribution in [2.45, 2.75) is 37.1 Å². The van der Waals surface area contributed by atoms with E-state index in [1.807, 2.05) is 47.4 Å². The molecule has 2 aliphatic rings. The molecule has 2 aromatic rings. The van der Waals surface area contributed by atoms with E-state index in [4.69, 9.17) is 0 Å². The summed E-state index contributed by atoms with van der Waals surface area (Å²) in [7, 11) is 0. The van der Waals surface area contributed by atoms with E-state index < -0.39 is 17.8 Å². The maximum Gasteiger partial charge on any atom is 0.307 e. The molecule has 0 fully saturated rings. The number of carbonyl (C=O) groups excluding carboxylic acids is 2. The molecule has 0 spiro atoms. The number of carboxylic acids is 1. The average molecular weight is 451 g/mol. The van der Waals surface area contributed by atoms with Crippen LogP contribution in [0.5, 0.6) is 0 Å². The van der Waals surface area contributed by atoms with Crippen LogP contribution >= 0.6 is 11.8 Å². The van der Waals surface area contributed by atoms with Crippen LogP contribution in [0.25, 0.3) is 0 Å². The molecule has 2 N–H and O–H groups in total. The molecule has 1 aliphatic carbocycles. The summed E-state index contributed by atoms with van der Waals surface area (Å²) in [4.78, 5) is 39.7. The average Bonchev–Trinajstić information content (AvgIpc) is 3.14. The third kappa shape index (κ3) is 4.72. The van der Waals surface area contributed by atoms with Crippen LogP contribution in [0, 0.1) is 11.8 Å². The molecule has 0 aromatic heterocycles. The van der Waals surface area contributed by atoms with Gasteiger partial charge >= 0.3 is 5.97 Å². The molecule has 2 aromatic carbocycles. The van der Waals surface area contributed by atoms with E-state index in [1.165, 1.54) is 17.3 Å². The van der Waals surface area contributed by atoms with Gasteiger partial charge in [-0.05, 0) is 62.1 Å². The van der Waals surface area contributed by atoms with Crippen molar-refractivity contribution in [3.63, 3.8) is 0 Å². The Bertz CT molecular complexity index is 1050. The van der Waals surface area contributed by atoms with Gasteiger partial charge in [-0.3, -0.25) is 14.4 Å². The van der Waals surface area contributed by atoms with Gasteiger partial charge in [0.05, 0.1) is 17.6 Å². The summed E-state index contributed by atoms with van der Waals surface area (Å²) in [5, 5.41) is 12.2. The molecule has 4 rings (SSSR count). The second kappa shape index (κ2) is 9.61. The van der Waals surface area contributed by atoms with Gasteiger partial charge in [0.2, 0.25) is 11.8 Å². The molecule has 0 unspecified atom stereocenters. The lowest BCUT2D eigenvalue weighted by Crippen LogP contribution is -2.36. The lowest BCUT2D eigenvalue weighted by molar-refractivity contribution is -0.146. The van der Waals surface area contributed by atoms with E-state index in [0.29, 0.717) is 24.3 Å². The zero-order valence-electron chi connectivity index (χ0n) is 17.9. The smallest absolute Gasteiger partial charge is 0.307 e. The van der Waals surface area contributed by atoms with Crippen molar-refractivity contribution in [3.8, 4) is 0 Å². The Morgan fingerprint density at radius 3 is 2.44 bits per heavy atom. The highest BCUT2D eigenvalue weighted by Gasteiger charge is 2.34. The fourth-order valence-corrected chi connectivity index (χ4v) is 5.16. The monoisotopic (exact) mass is 450 g/mol. The summed E-state index contributed by atoms with van der Waals surface area (Å²) in [6.45, 7) is 2.07. The lowest BCUT2D eigenvalue weighted by atomic mass is 9.82. The van der Waals surface area contributed by atoms with Crippen LogP contribution in [0.4, 0.5) is 11.4 Å². The molecule has 3 atom stereocenters. The molecule has 1 aliphatic heterocycles. The van der Waals surface area contributed by atoms with Gasteiger partial charge in [0.15, 0.2) is 0 Å². The molecular formula is C25H26N2O4S. The summed E-state index contributed by atoms with van der Waals surface area (Å²) in [5.41, 5.74) is 2.82. The molecule has 2 amide bonds. The maximum absolute atomic E-state index is 12.9. The minimum Gasteiger partial charge on any atom is -0.481 e. The minimum atomic E-state index is -0.944. The fraction of sp³-hybridized carbons (Fsp3) is 0.320. The minimum absolute atomic E-state index is 0.0786. The Balaban J connectivity index is 1.33. The molecule has 32 heavy (non-hydrogen) atoms. The third-order valence-corrected chi connectivity index (χ3v) is 7.04. The van der Waals surface area contributed by atoms with Crippen LogP contribution in [-0.4, -0.2) is 34.7 Å². The number of amides is 2. The zero-order chi connectivity index (χ0) is 22.7. The Morgan fingerprint density at radius 2 is 1.72 bits per heavy atom. The molecule has 0 saturated heterocycles. The van der Waals surface area contributed by atoms with E-state index in [1.54, 1.807) is 12.1 Å². The van der Waals surface area contributed by atoms with Crippen molar-refractivity contribution in [1.29, 1.82) is 0 Å². The van der Waals surface area contributed by atoms with E-state index in [9.17, 15) is 19.5 Å². The number of carbonyl (C=O) groups is 3. The van der Waals surface area contributed by atoms with Crippen molar-refractivity contribution in [3.05, 3.63) is 66.2 Å². The highest BCUT2D eigenvalue weighted by Crippen LogP contribution is 2.33. The highest BCUT2D eigenvalue weighted by atomic mass is 32.2. The molecule has 7 heteroatoms. The van der Waals surface area contributed by atoms with E-state index in [-0.39, 0.29) is 17.9 Å². The number of nitrogens with zero attached hydrogens (tertiary/aromatic N) is 1. The SMILES string of the molecule is C[C@@H]1Cc2ccccc2N1C(=O)CSc1ccc(NC(=O)[C@H]2CC=CC[C@@H]2C(=O)O)cc1. The molecule has 1 heterocycles. The first kappa shape index (κ1) is 22.1. The summed E-state index contributed by atoms with van der Waals surface area (Å²) >= 11 is 1.46. The van der Waals surface area contributed by atoms with Crippen LogP contribution < -0.4 is 10.2 Å². The number of allylic oxidation sites excluding steroid dienone is 2. The molecular weight excluding hydrogens is 424 g/mol. The topological polar surface area (TPSA) is 86.7 Å². The molecule has 166 valence electrons. The number of anilines is 2. The van der Waals surface area contributed by atoms with Gasteiger partial charge in [0.1, 0.15) is 0 Å². The zero-order valence-corrected chi connectivity index (χ0v) is 18.7. The summed E-state index contributed by atoms with van der Waals surface area (Å²) in [6.07, 6.45) is 5.35. The van der Waals surface area contributed by atoms with Gasteiger partial charge < -0.3 is 15.3 Å². The van der Waals surface area contributed by atoms with Crippen LogP contribution in [0.2, 0.25) is 0 Å². The number of carboxylic acid groups (broad SMARTS) is 1. The molecule has 0 saturated carbocycles. The quantitative estimate of drug-likeness (QED) is 0.504. The first-order valence-electron chi connectivity index (χ1n) is 10.8. The number of fused-ring (bicyclic) bond motifs is 1. The fourth-order valence-electron chi connectivity index (χ4n) is 4.41. The highest BCUT2D eigenvalue weighted by molar-refractivity contribution is 8.00. The van der Waals surface area contributed by atoms with Gasteiger partial charge in [-0.25, -0.2) is 0 Å². The lowest BCUT2D eigenvalue weighted by Gasteiger charge is -2.24. The molecule has 6 nitrogen and oxygen atoms in total. The van der Waals surface area contributed by atoms with Crippen LogP contribution in [0.1, 0.15) is 25.3 Å². The second-order valence-corrected chi connectivity index (χ2v) is 9.29. The van der Waals surface area contributed by atoms with Gasteiger partial charge in [-0.2, -0.15) is 0 Å². The maximum atomic E-state index is 12.9. The van der Waals surface area contributed by atoms with Gasteiger partial charge in [-0.1, -0.05) is 30.4 Å². The molecule has 0 radical (unpaired) electrons. The first-order valence-corrected chi connectivity index (χ1v) is 11.7. The van der Waals surface area contributed by atoms with Crippen LogP contribution in [-0.2, 0) is 20.8 Å². The van der Waals surface area contributed by atoms with Crippen molar-refractivity contribution in [2.24, 2.45) is 11.8 Å². The van der Waals surface area contributed by atoms with Crippen molar-refractivity contribution >= 4 is 40.9 Å². The summed E-state index contributed by atoms with van der Waals surface area (Å²) < 4.78 is 0. The van der Waals surface area contributed by atoms with Crippen LogP contribution in [0.15, 0.2) is 65.6 Å². The number of aliphatic carboxylic acids is 1. The van der Waals surface area contributed by atoms with Gasteiger partial charge in [-0.15, -0.1) is 11.8 Å². The third-order valence-electron chi connectivity index (χ3n) is 6.05. The summed E-state index contributed by atoms with van der Waals surface area (Å²) in [6, 6.07) is 15.5. The number of hydrogen-bond acceptors (Lipinski definition) is 4.